The lowest BCUT2D eigenvalue weighted by molar-refractivity contribution is -0.148. The van der Waals surface area contributed by atoms with E-state index in [0.29, 0.717) is 0 Å². The van der Waals surface area contributed by atoms with Gasteiger partial charge in [0.25, 0.3) is 0 Å². The van der Waals surface area contributed by atoms with Crippen LogP contribution in [0, 0.1) is 0 Å². The van der Waals surface area contributed by atoms with E-state index in [1.807, 2.05) is 0 Å². The molecule has 0 saturated carbocycles. The van der Waals surface area contributed by atoms with E-state index in [0.717, 1.165) is 7.96 Å². The predicted octanol–water partition coefficient (Wildman–Crippen LogP) is 14.0. The van der Waals surface area contributed by atoms with Gasteiger partial charge in [0, 0.05) is 0 Å². The summed E-state index contributed by atoms with van der Waals surface area (Å²) < 4.78 is 0. The Labute approximate surface area is 211 Å². The molecule has 1 nitrogen and oxygen atoms in total. The average Bonchev–Trinajstić information content (AvgIpc) is 2.48. The highest BCUT2D eigenvalue weighted by molar-refractivity contribution is 9.36. The van der Waals surface area contributed by atoms with Crippen LogP contribution in [0.1, 0.15) is 0 Å². The molecule has 0 aromatic heterocycles. The molecule has 17 unspecified atom stereocenters. The van der Waals surface area contributed by atoms with Gasteiger partial charge in [-0.15, -0.1) is 124 Å². The zero-order valence-electron chi connectivity index (χ0n) is 13.8. The van der Waals surface area contributed by atoms with Crippen molar-refractivity contribution in [2.24, 2.45) is 0 Å². The summed E-state index contributed by atoms with van der Waals surface area (Å²) in [6, 6.07) is 0. The van der Waals surface area contributed by atoms with Gasteiger partial charge in [0.1, 0.15) is 0 Å². The standard InChI is InChI=1S/H27OP26/c1-16(24(18(5)6)23(15-2)17(3)4)25(26(19(7)8)20(9)10)27(21(11)12)22(13)14/h15H,2-14H2/q-1. The first-order valence-electron chi connectivity index (χ1n) is 5.99. The SMILES string of the molecule is [O-]P(P(P(P)P)P(PP)P(P)P)P(P(P(P)P)P(P)P)P(P(P)P)P(P)P. The molecular weight excluding hydrogens is 821 g/mol. The van der Waals surface area contributed by atoms with Crippen molar-refractivity contribution in [3.8, 4) is 0 Å². The van der Waals surface area contributed by atoms with Crippen molar-refractivity contribution in [3.63, 3.8) is 0 Å². The minimum absolute atomic E-state index is 0.158. The topological polar surface area (TPSA) is 23.1 Å². The molecule has 0 N–H and O–H groups in total. The van der Waals surface area contributed by atoms with Crippen LogP contribution in [0.2, 0.25) is 0 Å². The fourth-order valence-corrected chi connectivity index (χ4v) is 307. The molecule has 0 bridgehead atoms. The molecule has 0 amide bonds. The van der Waals surface area contributed by atoms with E-state index in [1.54, 1.807) is 0 Å². The maximum Gasteiger partial charge on any atom is -0.00656 e. The van der Waals surface area contributed by atoms with Crippen LogP contribution >= 0.6 is 208 Å². The maximum atomic E-state index is 14.5. The fraction of sp³-hybridized carbons (Fsp3) is 0. The summed E-state index contributed by atoms with van der Waals surface area (Å²) in [5, 5.41) is 0. The van der Waals surface area contributed by atoms with Gasteiger partial charge in [-0.1, -0.05) is 7.96 Å². The Balaban J connectivity index is 6.36. The molecule has 0 aliphatic rings. The van der Waals surface area contributed by atoms with E-state index < -0.39 is 21.5 Å². The van der Waals surface area contributed by atoms with Crippen LogP contribution in [0.15, 0.2) is 0 Å². The van der Waals surface area contributed by atoms with Gasteiger partial charge in [-0.2, -0.15) is 0 Å². The Morgan fingerprint density at radius 3 is 0.926 bits per heavy atom. The molecular formula is H27OP26-. The van der Waals surface area contributed by atoms with Gasteiger partial charge < -0.3 is 4.89 Å². The van der Waals surface area contributed by atoms with Crippen LogP contribution < -0.4 is 4.89 Å². The number of hydrogen-bond donors (Lipinski definition) is 0. The Bertz CT molecular complexity index is 344. The van der Waals surface area contributed by atoms with E-state index in [4.69, 9.17) is 0 Å². The molecule has 0 aliphatic carbocycles. The summed E-state index contributed by atoms with van der Waals surface area (Å²) in [5.41, 5.74) is 0. The summed E-state index contributed by atoms with van der Waals surface area (Å²) >= 11 is 0. The maximum absolute atomic E-state index is 14.5. The van der Waals surface area contributed by atoms with Gasteiger partial charge in [-0.05, 0) is 76.9 Å². The van der Waals surface area contributed by atoms with Crippen molar-refractivity contribution >= 4 is 208 Å². The molecule has 0 rings (SSSR count). The van der Waals surface area contributed by atoms with E-state index in [2.05, 4.69) is 116 Å². The largest absolute Gasteiger partial charge is 0.822 e. The Kier molecular flexibility index (Phi) is 29.6. The quantitative estimate of drug-likeness (QED) is 0.179. The first-order valence-corrected chi connectivity index (χ1v) is 52.8. The molecule has 27 heteroatoms. The van der Waals surface area contributed by atoms with E-state index in [9.17, 15) is 4.89 Å². The van der Waals surface area contributed by atoms with Crippen LogP contribution in [-0.4, -0.2) is 0 Å². The summed E-state index contributed by atoms with van der Waals surface area (Å²) in [6.45, 7) is -2.73. The van der Waals surface area contributed by atoms with E-state index >= 15 is 0 Å². The molecule has 27 heavy (non-hydrogen) atoms. The lowest BCUT2D eigenvalue weighted by Crippen LogP contribution is -1.86. The molecule has 17 atom stereocenters. The first kappa shape index (κ1) is 38.1. The summed E-state index contributed by atoms with van der Waals surface area (Å²) in [4.78, 5) is 14.5. The highest BCUT2D eigenvalue weighted by Crippen LogP contribution is 3.32. The molecule has 0 fully saturated rings. The van der Waals surface area contributed by atoms with Gasteiger partial charge in [0.05, 0.1) is 0 Å². The second-order valence-electron chi connectivity index (χ2n) is 4.02. The third kappa shape index (κ3) is 14.0. The average molecular weight is 849 g/mol. The van der Waals surface area contributed by atoms with Crippen molar-refractivity contribution in [3.05, 3.63) is 0 Å². The first-order chi connectivity index (χ1) is 12.3. The van der Waals surface area contributed by atoms with Gasteiger partial charge in [0.15, 0.2) is 0 Å². The fourth-order valence-electron chi connectivity index (χ4n) is 1.36. The Morgan fingerprint density at radius 1 is 0.444 bits per heavy atom. The molecule has 0 saturated heterocycles. The molecule has 0 radical (unpaired) electrons. The monoisotopic (exact) mass is 849 g/mol. The molecule has 0 aliphatic heterocycles. The van der Waals surface area contributed by atoms with Crippen molar-refractivity contribution in [2.45, 2.75) is 0 Å². The minimum Gasteiger partial charge on any atom is -0.822 e. The zero-order valence-corrected chi connectivity index (χ0v) is 40.5. The highest BCUT2D eigenvalue weighted by Gasteiger charge is 2.43. The van der Waals surface area contributed by atoms with Crippen molar-refractivity contribution in [1.29, 1.82) is 0 Å². The van der Waals surface area contributed by atoms with E-state index in [-0.39, 0.29) is 62.9 Å². The minimum atomic E-state index is -1.14. The number of hydrogen-bond acceptors (Lipinski definition) is 1. The third-order valence-electron chi connectivity index (χ3n) is 2.16. The molecule has 0 aromatic rings. The van der Waals surface area contributed by atoms with Crippen molar-refractivity contribution in [2.75, 3.05) is 0 Å². The Hall–Kier alpha value is 11.1. The van der Waals surface area contributed by atoms with Gasteiger partial charge in [0.2, 0.25) is 0 Å². The molecule has 0 heterocycles. The van der Waals surface area contributed by atoms with E-state index in [1.165, 1.54) is 0 Å². The van der Waals surface area contributed by atoms with Crippen LogP contribution in [0.5, 0.6) is 0 Å². The molecule has 0 aromatic carbocycles. The van der Waals surface area contributed by atoms with Gasteiger partial charge in [-0.3, -0.25) is 0 Å². The second kappa shape index (κ2) is 20.9. The molecule has 0 spiro atoms. The normalized spacial score (nSPS) is 17.4. The number of rotatable bonds is 12. The second-order valence-corrected chi connectivity index (χ2v) is 106. The lowest BCUT2D eigenvalue weighted by atomic mass is 15.9. The highest BCUT2D eigenvalue weighted by atomic mass is 33.4. The van der Waals surface area contributed by atoms with Crippen LogP contribution in [0.25, 0.3) is 0 Å². The van der Waals surface area contributed by atoms with Crippen molar-refractivity contribution < 1.29 is 4.89 Å². The third-order valence-corrected chi connectivity index (χ3v) is 167. The van der Waals surface area contributed by atoms with Crippen LogP contribution in [0.4, 0.5) is 0 Å². The van der Waals surface area contributed by atoms with Crippen LogP contribution in [-0.2, 0) is 0 Å². The lowest BCUT2D eigenvalue weighted by Gasteiger charge is -2.53. The van der Waals surface area contributed by atoms with Gasteiger partial charge in [-0.25, -0.2) is 0 Å². The summed E-state index contributed by atoms with van der Waals surface area (Å²) in [6.07, 6.45) is 0. The summed E-state index contributed by atoms with van der Waals surface area (Å²) in [7, 11) is 39.8. The smallest absolute Gasteiger partial charge is 0.00656 e. The summed E-state index contributed by atoms with van der Waals surface area (Å²) in [5.74, 6) is 0. The predicted molar refractivity (Wildman–Crippen MR) is 218 cm³/mol. The molecule has 164 valence electrons. The van der Waals surface area contributed by atoms with Crippen molar-refractivity contribution in [1.82, 2.24) is 0 Å². The van der Waals surface area contributed by atoms with Crippen LogP contribution in [0.3, 0.4) is 0 Å². The Morgan fingerprint density at radius 2 is 0.741 bits per heavy atom. The zero-order chi connectivity index (χ0) is 21.6. The van der Waals surface area contributed by atoms with Gasteiger partial charge >= 0.3 is 0 Å².